The third-order valence-electron chi connectivity index (χ3n) is 8.36. The van der Waals surface area contributed by atoms with Crippen LogP contribution in [0.4, 0.5) is 13.2 Å². The van der Waals surface area contributed by atoms with Crippen LogP contribution in [0, 0.1) is 29.0 Å². The largest absolute Gasteiger partial charge is 0.493 e. The first kappa shape index (κ1) is 20.8. The summed E-state index contributed by atoms with van der Waals surface area (Å²) in [6.45, 7) is 0.126. The molecule has 0 saturated heterocycles. The minimum atomic E-state index is -3.79. The van der Waals surface area contributed by atoms with Crippen molar-refractivity contribution in [2.45, 2.75) is 68.5 Å². The lowest BCUT2D eigenvalue weighted by Gasteiger charge is -2.32. The highest BCUT2D eigenvalue weighted by molar-refractivity contribution is 7.91. The van der Waals surface area contributed by atoms with E-state index in [1.54, 1.807) is 0 Å². The van der Waals surface area contributed by atoms with E-state index in [0.717, 1.165) is 25.3 Å². The van der Waals surface area contributed by atoms with Crippen LogP contribution in [0.2, 0.25) is 0 Å². The number of ether oxygens (including phenoxy) is 1. The van der Waals surface area contributed by atoms with Crippen molar-refractivity contribution in [3.8, 4) is 5.75 Å². The van der Waals surface area contributed by atoms with Crippen LogP contribution in [-0.2, 0) is 10.0 Å². The van der Waals surface area contributed by atoms with Crippen molar-refractivity contribution in [2.24, 2.45) is 23.2 Å². The Kier molecular flexibility index (Phi) is 4.32. The maximum absolute atomic E-state index is 14.9. The van der Waals surface area contributed by atoms with Gasteiger partial charge >= 0.3 is 0 Å². The summed E-state index contributed by atoms with van der Waals surface area (Å²) in [6.07, 6.45) is 5.00. The second-order valence-electron chi connectivity index (χ2n) is 10.6. The smallest absolute Gasteiger partial charge is 0.267 e. The number of sulfonamides is 1. The first-order chi connectivity index (χ1) is 15.1. The van der Waals surface area contributed by atoms with E-state index in [9.17, 15) is 26.4 Å². The molecule has 5 nitrogen and oxygen atoms in total. The Morgan fingerprint density at radius 3 is 2.56 bits per heavy atom. The Morgan fingerprint density at radius 2 is 1.88 bits per heavy atom. The zero-order valence-electron chi connectivity index (χ0n) is 17.6. The van der Waals surface area contributed by atoms with Crippen LogP contribution >= 0.6 is 0 Å². The van der Waals surface area contributed by atoms with Gasteiger partial charge in [-0.25, -0.2) is 26.3 Å². The van der Waals surface area contributed by atoms with Crippen LogP contribution in [0.3, 0.4) is 0 Å². The van der Waals surface area contributed by atoms with E-state index in [-0.39, 0.29) is 23.8 Å². The van der Waals surface area contributed by atoms with Crippen LogP contribution in [-0.4, -0.2) is 32.1 Å². The number of carbonyl (C=O) groups is 1. The van der Waals surface area contributed by atoms with Crippen LogP contribution in [0.15, 0.2) is 12.1 Å². The molecule has 0 radical (unpaired) electrons. The zero-order valence-corrected chi connectivity index (χ0v) is 18.4. The highest BCUT2D eigenvalue weighted by Crippen LogP contribution is 2.70. The molecule has 0 heterocycles. The highest BCUT2D eigenvalue weighted by atomic mass is 32.2. The Labute approximate surface area is 185 Å². The topological polar surface area (TPSA) is 72.5 Å². The van der Waals surface area contributed by atoms with Gasteiger partial charge in [0.1, 0.15) is 11.6 Å². The molecule has 32 heavy (non-hydrogen) atoms. The molecule has 6 fully saturated rings. The van der Waals surface area contributed by atoms with Crippen LogP contribution < -0.4 is 9.46 Å². The normalized spacial score (nSPS) is 34.7. The molecule has 4 atom stereocenters. The molecule has 6 saturated carbocycles. The lowest BCUT2D eigenvalue weighted by Crippen LogP contribution is -2.36. The Bertz CT molecular complexity index is 1100. The Hall–Kier alpha value is -1.77. The standard InChI is InChI=1S/C23H26F3NO4S/c24-18-8-19(31-11-22-9-12-5-14(10-22)23(25,26)20(22)6-12)16(13-1-2-13)7-17(18)21(28)27-32(29,30)15-3-4-15/h7-8,12-15,20H,1-6,9-11H2,(H,27,28). The Balaban J connectivity index is 1.25. The quantitative estimate of drug-likeness (QED) is 0.644. The van der Waals surface area contributed by atoms with E-state index in [0.29, 0.717) is 43.6 Å². The third kappa shape index (κ3) is 3.17. The van der Waals surface area contributed by atoms with Gasteiger partial charge in [-0.05, 0) is 74.8 Å². The molecule has 6 aliphatic carbocycles. The van der Waals surface area contributed by atoms with Gasteiger partial charge in [-0.1, -0.05) is 0 Å². The van der Waals surface area contributed by atoms with Crippen LogP contribution in [0.5, 0.6) is 5.75 Å². The first-order valence-corrected chi connectivity index (χ1v) is 13.0. The summed E-state index contributed by atoms with van der Waals surface area (Å²) in [5.41, 5.74) is -0.238. The molecule has 6 aliphatic rings. The minimum absolute atomic E-state index is 0.104. The van der Waals surface area contributed by atoms with Gasteiger partial charge in [-0.15, -0.1) is 0 Å². The lowest BCUT2D eigenvalue weighted by molar-refractivity contribution is -0.105. The maximum atomic E-state index is 14.9. The molecule has 4 bridgehead atoms. The second-order valence-corrected chi connectivity index (χ2v) is 12.6. The van der Waals surface area contributed by atoms with Gasteiger partial charge < -0.3 is 4.74 Å². The summed E-state index contributed by atoms with van der Waals surface area (Å²) in [4.78, 5) is 12.5. The number of hydrogen-bond donors (Lipinski definition) is 1. The van der Waals surface area contributed by atoms with Crippen LogP contribution in [0.25, 0.3) is 0 Å². The highest BCUT2D eigenvalue weighted by Gasteiger charge is 2.71. The van der Waals surface area contributed by atoms with Gasteiger partial charge in [0.15, 0.2) is 0 Å². The number of alkyl halides is 2. The van der Waals surface area contributed by atoms with Crippen molar-refractivity contribution < 1.29 is 31.1 Å². The number of hydrogen-bond acceptors (Lipinski definition) is 4. The van der Waals surface area contributed by atoms with Crippen molar-refractivity contribution in [1.82, 2.24) is 4.72 Å². The van der Waals surface area contributed by atoms with Crippen LogP contribution in [0.1, 0.15) is 73.2 Å². The van der Waals surface area contributed by atoms with Gasteiger partial charge in [0, 0.05) is 23.3 Å². The summed E-state index contributed by atoms with van der Waals surface area (Å²) in [5, 5.41) is -0.589. The van der Waals surface area contributed by atoms with Crippen molar-refractivity contribution in [3.05, 3.63) is 29.1 Å². The summed E-state index contributed by atoms with van der Waals surface area (Å²) >= 11 is 0. The van der Waals surface area contributed by atoms with Crippen molar-refractivity contribution in [1.29, 1.82) is 0 Å². The van der Waals surface area contributed by atoms with E-state index in [4.69, 9.17) is 4.74 Å². The van der Waals surface area contributed by atoms with Gasteiger partial charge in [0.25, 0.3) is 11.8 Å². The number of benzene rings is 1. The molecule has 1 amide bonds. The lowest BCUT2D eigenvalue weighted by atomic mass is 9.76. The monoisotopic (exact) mass is 469 g/mol. The average Bonchev–Trinajstić information content (AvgIpc) is 3.61. The number of carbonyl (C=O) groups excluding carboxylic acids is 1. The molecular formula is C23H26F3NO4S. The number of rotatable bonds is 7. The fourth-order valence-electron chi connectivity index (χ4n) is 6.58. The summed E-state index contributed by atoms with van der Waals surface area (Å²) < 4.78 is 76.5. The van der Waals surface area contributed by atoms with Gasteiger partial charge in [-0.3, -0.25) is 4.79 Å². The summed E-state index contributed by atoms with van der Waals surface area (Å²) in [5.74, 6) is -5.05. The van der Waals surface area contributed by atoms with E-state index in [2.05, 4.69) is 0 Å². The second kappa shape index (κ2) is 6.64. The molecule has 4 unspecified atom stereocenters. The summed E-state index contributed by atoms with van der Waals surface area (Å²) in [6, 6.07) is 2.51. The van der Waals surface area contributed by atoms with Gasteiger partial charge in [0.05, 0.1) is 17.4 Å². The Morgan fingerprint density at radius 1 is 1.12 bits per heavy atom. The predicted molar refractivity (Wildman–Crippen MR) is 110 cm³/mol. The molecule has 0 aliphatic heterocycles. The number of halogens is 3. The fraction of sp³-hybridized carbons (Fsp3) is 0.696. The van der Waals surface area contributed by atoms with E-state index < -0.39 is 50.2 Å². The van der Waals surface area contributed by atoms with Crippen molar-refractivity contribution in [3.63, 3.8) is 0 Å². The average molecular weight is 470 g/mol. The SMILES string of the molecule is O=C(NS(=O)(=O)C1CC1)c1cc(C2CC2)c(OCC23CC4CC(C2)C(F)(F)C3C4)cc1F. The fourth-order valence-corrected chi connectivity index (χ4v) is 7.87. The molecule has 1 aromatic rings. The molecule has 7 rings (SSSR count). The zero-order chi connectivity index (χ0) is 22.5. The van der Waals surface area contributed by atoms with Crippen molar-refractivity contribution >= 4 is 15.9 Å². The van der Waals surface area contributed by atoms with Crippen molar-refractivity contribution in [2.75, 3.05) is 6.61 Å². The van der Waals surface area contributed by atoms with E-state index in [1.165, 1.54) is 6.07 Å². The summed E-state index contributed by atoms with van der Waals surface area (Å²) in [7, 11) is -3.79. The molecule has 9 heteroatoms. The third-order valence-corrected chi connectivity index (χ3v) is 10.2. The first-order valence-electron chi connectivity index (χ1n) is 11.5. The molecule has 0 aromatic heterocycles. The molecule has 0 spiro atoms. The molecule has 1 aromatic carbocycles. The molecular weight excluding hydrogens is 443 g/mol. The minimum Gasteiger partial charge on any atom is -0.493 e. The van der Waals surface area contributed by atoms with Gasteiger partial charge in [0.2, 0.25) is 10.0 Å². The maximum Gasteiger partial charge on any atom is 0.267 e. The number of nitrogens with one attached hydrogen (secondary N) is 1. The molecule has 174 valence electrons. The number of amides is 1. The predicted octanol–water partition coefficient (Wildman–Crippen LogP) is 4.38. The van der Waals surface area contributed by atoms with Gasteiger partial charge in [-0.2, -0.15) is 0 Å². The molecule has 1 N–H and O–H groups in total. The van der Waals surface area contributed by atoms with E-state index in [1.807, 2.05) is 4.72 Å². The van der Waals surface area contributed by atoms with E-state index >= 15 is 0 Å².